The predicted octanol–water partition coefficient (Wildman–Crippen LogP) is 5.62. The minimum absolute atomic E-state index is 0.0196. The van der Waals surface area contributed by atoms with Crippen molar-refractivity contribution in [2.45, 2.75) is 64.5 Å². The Kier molecular flexibility index (Phi) is 11.0. The Morgan fingerprint density at radius 2 is 2.24 bits per heavy atom. The van der Waals surface area contributed by atoms with Crippen LogP contribution in [0.3, 0.4) is 0 Å². The van der Waals surface area contributed by atoms with E-state index < -0.39 is 0 Å². The first-order chi connectivity index (χ1) is 12.0. The van der Waals surface area contributed by atoms with Gasteiger partial charge in [-0.1, -0.05) is 43.9 Å². The lowest BCUT2D eigenvalue weighted by molar-refractivity contribution is -0.116. The molecule has 0 saturated carbocycles. The molecule has 0 bridgehead atoms. The van der Waals surface area contributed by atoms with Gasteiger partial charge in [0.25, 0.3) is 0 Å². The zero-order valence-electron chi connectivity index (χ0n) is 15.5. The van der Waals surface area contributed by atoms with Gasteiger partial charge in [0.2, 0.25) is 0 Å². The fourth-order valence-electron chi connectivity index (χ4n) is 3.04. The van der Waals surface area contributed by atoms with Crippen molar-refractivity contribution in [2.75, 3.05) is 12.4 Å². The molecule has 1 aliphatic carbocycles. The van der Waals surface area contributed by atoms with Crippen LogP contribution >= 0.6 is 23.4 Å². The lowest BCUT2D eigenvalue weighted by atomic mass is 9.82. The molecule has 0 aromatic rings. The Morgan fingerprint density at radius 3 is 2.84 bits per heavy atom. The minimum Gasteiger partial charge on any atom is -0.511 e. The van der Waals surface area contributed by atoms with Gasteiger partial charge in [0.05, 0.1) is 11.3 Å². The van der Waals surface area contributed by atoms with Crippen LogP contribution in [0, 0.1) is 5.92 Å². The summed E-state index contributed by atoms with van der Waals surface area (Å²) in [6.45, 7) is 6.64. The number of ketones is 1. The summed E-state index contributed by atoms with van der Waals surface area (Å²) in [5.74, 6) is 1.42. The summed E-state index contributed by atoms with van der Waals surface area (Å²) in [7, 11) is 0. The van der Waals surface area contributed by atoms with Crippen LogP contribution in [-0.2, 0) is 9.63 Å². The number of aliphatic hydroxyl groups is 1. The summed E-state index contributed by atoms with van der Waals surface area (Å²) in [4.78, 5) is 17.9. The molecule has 1 N–H and O–H groups in total. The minimum atomic E-state index is -0.0196. The largest absolute Gasteiger partial charge is 0.511 e. The van der Waals surface area contributed by atoms with Crippen molar-refractivity contribution in [3.8, 4) is 0 Å². The zero-order valence-corrected chi connectivity index (χ0v) is 17.0. The maximum Gasteiger partial charge on any atom is 0.168 e. The van der Waals surface area contributed by atoms with Crippen molar-refractivity contribution in [1.82, 2.24) is 0 Å². The molecule has 0 heterocycles. The Hall–Kier alpha value is -0.940. The Balaban J connectivity index is 2.87. The maximum absolute atomic E-state index is 12.7. The van der Waals surface area contributed by atoms with Crippen LogP contribution in [0.25, 0.3) is 0 Å². The normalized spacial score (nSPS) is 20.4. The van der Waals surface area contributed by atoms with E-state index in [0.29, 0.717) is 35.8 Å². The van der Waals surface area contributed by atoms with Crippen LogP contribution in [0.15, 0.2) is 28.1 Å². The van der Waals surface area contributed by atoms with Crippen molar-refractivity contribution >= 4 is 34.9 Å². The number of allylic oxidation sites excluding steroid dienone is 2. The van der Waals surface area contributed by atoms with E-state index in [1.165, 1.54) is 5.54 Å². The van der Waals surface area contributed by atoms with Crippen LogP contribution < -0.4 is 0 Å². The van der Waals surface area contributed by atoms with Crippen molar-refractivity contribution in [2.24, 2.45) is 11.1 Å². The SMILES string of the molecule is CCCCC(=NOCC=CCl)C1=C(O)CC(CC(C)SCC)CC1=O. The van der Waals surface area contributed by atoms with E-state index in [1.807, 2.05) is 11.8 Å². The standard InChI is InChI=1S/C19H30ClNO3S/c1-4-6-8-16(21-24-10-7-9-20)19-17(22)12-15(13-18(19)23)11-14(3)25-5-2/h7,9,14-15,22H,4-6,8,10-13H2,1-3H3. The molecule has 0 aromatic heterocycles. The quantitative estimate of drug-likeness (QED) is 0.284. The van der Waals surface area contributed by atoms with Crippen LogP contribution in [-0.4, -0.2) is 34.2 Å². The molecule has 2 atom stereocenters. The zero-order chi connectivity index (χ0) is 18.7. The third-order valence-corrected chi connectivity index (χ3v) is 5.40. The molecule has 142 valence electrons. The van der Waals surface area contributed by atoms with Gasteiger partial charge in [0.15, 0.2) is 5.78 Å². The summed E-state index contributed by atoms with van der Waals surface area (Å²) in [5.41, 5.74) is 2.29. The van der Waals surface area contributed by atoms with Crippen LogP contribution in [0.5, 0.6) is 0 Å². The number of carbonyl (C=O) groups excluding carboxylic acids is 1. The first-order valence-corrected chi connectivity index (χ1v) is 10.5. The van der Waals surface area contributed by atoms with E-state index >= 15 is 0 Å². The summed E-state index contributed by atoms with van der Waals surface area (Å²) in [6.07, 6.45) is 6.09. The van der Waals surface area contributed by atoms with Gasteiger partial charge in [0, 0.05) is 23.6 Å². The molecule has 0 spiro atoms. The molecule has 0 saturated heterocycles. The number of rotatable bonds is 11. The molecule has 0 amide bonds. The Bertz CT molecular complexity index is 517. The van der Waals surface area contributed by atoms with Crippen LogP contribution in [0.1, 0.15) is 59.3 Å². The van der Waals surface area contributed by atoms with Gasteiger partial charge in [-0.25, -0.2) is 0 Å². The Morgan fingerprint density at radius 1 is 1.48 bits per heavy atom. The Labute approximate surface area is 160 Å². The van der Waals surface area contributed by atoms with E-state index in [-0.39, 0.29) is 24.1 Å². The van der Waals surface area contributed by atoms with E-state index in [9.17, 15) is 9.90 Å². The lowest BCUT2D eigenvalue weighted by Gasteiger charge is -2.26. The van der Waals surface area contributed by atoms with Crippen molar-refractivity contribution in [1.29, 1.82) is 0 Å². The van der Waals surface area contributed by atoms with Gasteiger partial charge < -0.3 is 9.94 Å². The number of unbranched alkanes of at least 4 members (excludes halogenated alkanes) is 1. The first-order valence-electron chi connectivity index (χ1n) is 9.04. The number of hydrogen-bond acceptors (Lipinski definition) is 5. The maximum atomic E-state index is 12.7. The predicted molar refractivity (Wildman–Crippen MR) is 108 cm³/mol. The lowest BCUT2D eigenvalue weighted by Crippen LogP contribution is -2.26. The molecule has 1 rings (SSSR count). The highest BCUT2D eigenvalue weighted by Gasteiger charge is 2.31. The number of Topliss-reactive ketones (excluding diaryl/α,β-unsaturated/α-hetero) is 1. The first kappa shape index (κ1) is 22.1. The second-order valence-electron chi connectivity index (χ2n) is 6.32. The van der Waals surface area contributed by atoms with Crippen LogP contribution in [0.4, 0.5) is 0 Å². The third-order valence-electron chi connectivity index (χ3n) is 4.13. The molecule has 4 nitrogen and oxygen atoms in total. The molecular formula is C19H30ClNO3S. The number of hydrogen-bond donors (Lipinski definition) is 1. The molecule has 1 aliphatic rings. The molecule has 0 aliphatic heterocycles. The van der Waals surface area contributed by atoms with Gasteiger partial charge in [-0.2, -0.15) is 11.8 Å². The topological polar surface area (TPSA) is 58.9 Å². The summed E-state index contributed by atoms with van der Waals surface area (Å²) in [6, 6.07) is 0. The van der Waals surface area contributed by atoms with Crippen molar-refractivity contribution in [3.05, 3.63) is 22.9 Å². The van der Waals surface area contributed by atoms with E-state index in [0.717, 1.165) is 25.0 Å². The number of halogens is 1. The highest BCUT2D eigenvalue weighted by atomic mass is 35.5. The molecule has 0 radical (unpaired) electrons. The number of nitrogens with zero attached hydrogens (tertiary/aromatic N) is 1. The number of oxime groups is 1. The molecule has 6 heteroatoms. The van der Waals surface area contributed by atoms with Gasteiger partial charge in [-0.05, 0) is 37.0 Å². The molecule has 0 aromatic carbocycles. The second kappa shape index (κ2) is 12.4. The molecule has 25 heavy (non-hydrogen) atoms. The fraction of sp³-hybridized carbons (Fsp3) is 0.684. The highest BCUT2D eigenvalue weighted by Crippen LogP contribution is 2.32. The average Bonchev–Trinajstić information content (AvgIpc) is 2.55. The highest BCUT2D eigenvalue weighted by molar-refractivity contribution is 7.99. The van der Waals surface area contributed by atoms with E-state index in [1.54, 1.807) is 6.08 Å². The third kappa shape index (κ3) is 7.87. The van der Waals surface area contributed by atoms with Crippen LogP contribution in [0.2, 0.25) is 0 Å². The molecule has 0 fully saturated rings. The number of thioether (sulfide) groups is 1. The summed E-state index contributed by atoms with van der Waals surface area (Å²) >= 11 is 7.35. The second-order valence-corrected chi connectivity index (χ2v) is 8.29. The van der Waals surface area contributed by atoms with E-state index in [4.69, 9.17) is 16.4 Å². The molecular weight excluding hydrogens is 358 g/mol. The summed E-state index contributed by atoms with van der Waals surface area (Å²) in [5, 5.41) is 15.1. The van der Waals surface area contributed by atoms with Crippen molar-refractivity contribution < 1.29 is 14.7 Å². The van der Waals surface area contributed by atoms with Gasteiger partial charge in [-0.3, -0.25) is 4.79 Å². The fourth-order valence-corrected chi connectivity index (χ4v) is 4.09. The number of carbonyl (C=O) groups is 1. The van der Waals surface area contributed by atoms with Gasteiger partial charge in [0.1, 0.15) is 12.4 Å². The van der Waals surface area contributed by atoms with Gasteiger partial charge >= 0.3 is 0 Å². The smallest absolute Gasteiger partial charge is 0.168 e. The average molecular weight is 388 g/mol. The number of aliphatic hydroxyl groups excluding tert-OH is 1. The van der Waals surface area contributed by atoms with Crippen molar-refractivity contribution in [3.63, 3.8) is 0 Å². The summed E-state index contributed by atoms with van der Waals surface area (Å²) < 4.78 is 0. The van der Waals surface area contributed by atoms with Gasteiger partial charge in [-0.15, -0.1) is 0 Å². The molecule has 2 unspecified atom stereocenters. The monoisotopic (exact) mass is 387 g/mol. The van der Waals surface area contributed by atoms with E-state index in [2.05, 4.69) is 25.9 Å².